The Hall–Kier alpha value is -1.69. The summed E-state index contributed by atoms with van der Waals surface area (Å²) in [6.45, 7) is 2.13. The van der Waals surface area contributed by atoms with Gasteiger partial charge in [0.25, 0.3) is 0 Å². The van der Waals surface area contributed by atoms with Gasteiger partial charge in [-0.25, -0.2) is 0 Å². The Labute approximate surface area is 106 Å². The lowest BCUT2D eigenvalue weighted by Crippen LogP contribution is -2.32. The van der Waals surface area contributed by atoms with E-state index in [2.05, 4.69) is 10.0 Å². The van der Waals surface area contributed by atoms with Crippen LogP contribution in [0.2, 0.25) is 5.82 Å². The highest BCUT2D eigenvalue weighted by Crippen LogP contribution is 2.35. The summed E-state index contributed by atoms with van der Waals surface area (Å²) >= 11 is 0. The first-order valence-corrected chi connectivity index (χ1v) is 5.91. The van der Waals surface area contributed by atoms with Crippen molar-refractivity contribution in [1.82, 2.24) is 0 Å². The molecule has 0 bridgehead atoms. The number of hydrogen-bond acceptors (Lipinski definition) is 5. The molecule has 0 heterocycles. The molecule has 97 valence electrons. The molecule has 1 aliphatic rings. The summed E-state index contributed by atoms with van der Waals surface area (Å²) in [5, 5.41) is 10.5. The number of nitrogens with zero attached hydrogens (tertiary/aromatic N) is 3. The molecule has 1 radical (unpaired) electrons. The minimum absolute atomic E-state index is 0.161. The topological polar surface area (TPSA) is 108 Å². The van der Waals surface area contributed by atoms with Gasteiger partial charge in [-0.15, -0.1) is 0 Å². The van der Waals surface area contributed by atoms with Crippen molar-refractivity contribution < 1.29 is 14.2 Å². The second-order valence-electron chi connectivity index (χ2n) is 4.09. The minimum Gasteiger partial charge on any atom is -0.555 e. The second kappa shape index (κ2) is 7.60. The quantitative estimate of drug-likeness (QED) is 0.148. The summed E-state index contributed by atoms with van der Waals surface area (Å²) in [5.74, 6) is -0.568. The van der Waals surface area contributed by atoms with E-state index in [9.17, 15) is 4.79 Å². The molecule has 0 aliphatic heterocycles. The number of nitrogens with one attached hydrogen (secondary N) is 1. The van der Waals surface area contributed by atoms with Crippen molar-refractivity contribution in [3.63, 3.8) is 0 Å². The van der Waals surface area contributed by atoms with E-state index in [1.165, 1.54) is 7.48 Å². The first kappa shape index (κ1) is 14.4. The predicted molar refractivity (Wildman–Crippen MR) is 66.3 cm³/mol. The van der Waals surface area contributed by atoms with E-state index in [0.717, 1.165) is 6.40 Å². The fourth-order valence-electron chi connectivity index (χ4n) is 2.16. The van der Waals surface area contributed by atoms with Gasteiger partial charge in [-0.05, 0) is 37.5 Å². The number of esters is 1. The van der Waals surface area contributed by atoms with Gasteiger partial charge < -0.3 is 9.39 Å². The van der Waals surface area contributed by atoms with Crippen LogP contribution >= 0.6 is 0 Å². The van der Waals surface area contributed by atoms with Crippen LogP contribution in [0.25, 0.3) is 10.4 Å². The van der Waals surface area contributed by atoms with Crippen LogP contribution in [0, 0.1) is 11.3 Å². The van der Waals surface area contributed by atoms with Crippen LogP contribution in [-0.4, -0.2) is 32.5 Å². The number of carbonyl (C=O) groups excluding carboxylic acids is 1. The van der Waals surface area contributed by atoms with Gasteiger partial charge in [-0.1, -0.05) is 5.11 Å². The van der Waals surface area contributed by atoms with Gasteiger partial charge in [0, 0.05) is 11.0 Å². The number of rotatable bonds is 6. The summed E-state index contributed by atoms with van der Waals surface area (Å²) in [4.78, 5) is 14.5. The molecule has 0 unspecified atom stereocenters. The molecule has 0 amide bonds. The zero-order valence-corrected chi connectivity index (χ0v) is 10.3. The average Bonchev–Trinajstić information content (AvgIpc) is 2.38. The van der Waals surface area contributed by atoms with Crippen LogP contribution in [0.3, 0.4) is 0 Å². The molecule has 1 aliphatic carbocycles. The number of carbonyl (C=O) groups is 1. The summed E-state index contributed by atoms with van der Waals surface area (Å²) < 4.78 is 9.81. The van der Waals surface area contributed by atoms with Crippen LogP contribution in [0.1, 0.15) is 26.2 Å². The van der Waals surface area contributed by atoms with E-state index >= 15 is 0 Å². The number of hydrogen-bond donors (Lipinski definition) is 1. The lowest BCUT2D eigenvalue weighted by molar-refractivity contribution is -0.149. The third-order valence-corrected chi connectivity index (χ3v) is 3.00. The van der Waals surface area contributed by atoms with Crippen molar-refractivity contribution in [1.29, 1.82) is 5.41 Å². The number of azide groups is 1. The average molecular weight is 251 g/mol. The van der Waals surface area contributed by atoms with Gasteiger partial charge in [0.1, 0.15) is 6.40 Å². The Kier molecular flexibility index (Phi) is 6.07. The highest BCUT2D eigenvalue weighted by molar-refractivity contribution is 6.32. The second-order valence-corrected chi connectivity index (χ2v) is 4.09. The first-order valence-electron chi connectivity index (χ1n) is 5.91. The summed E-state index contributed by atoms with van der Waals surface area (Å²) in [5.41, 5.74) is 8.49. The molecular weight excluding hydrogens is 235 g/mol. The molecule has 7 nitrogen and oxygen atoms in total. The van der Waals surface area contributed by atoms with Crippen molar-refractivity contribution in [2.24, 2.45) is 11.0 Å². The standard InChI is InChI=1S/C10H16BN4O3/c1-2-17-10(16)7-3-4-9(14-15-13)8(5-7)11-18-6-12/h6-9,12H,2-5H2,1H3/t7-,8+,9+/m0/s1. The Morgan fingerprint density at radius 2 is 2.44 bits per heavy atom. The van der Waals surface area contributed by atoms with Gasteiger partial charge in [0.2, 0.25) is 0 Å². The molecule has 0 saturated heterocycles. The fraction of sp³-hybridized carbons (Fsp3) is 0.800. The molecule has 18 heavy (non-hydrogen) atoms. The smallest absolute Gasteiger partial charge is 0.374 e. The van der Waals surface area contributed by atoms with Crippen LogP contribution in [-0.2, 0) is 14.2 Å². The van der Waals surface area contributed by atoms with E-state index < -0.39 is 0 Å². The predicted octanol–water partition coefficient (Wildman–Crippen LogP) is 2.06. The van der Waals surface area contributed by atoms with E-state index in [0.29, 0.717) is 25.9 Å². The van der Waals surface area contributed by atoms with E-state index in [1.807, 2.05) is 0 Å². The maximum absolute atomic E-state index is 11.7. The lowest BCUT2D eigenvalue weighted by atomic mass is 9.64. The molecule has 0 aromatic heterocycles. The Bertz CT molecular complexity index is 346. The van der Waals surface area contributed by atoms with E-state index in [-0.39, 0.29) is 23.7 Å². The molecule has 0 spiro atoms. The highest BCUT2D eigenvalue weighted by atomic mass is 16.5. The van der Waals surface area contributed by atoms with Crippen molar-refractivity contribution >= 4 is 19.9 Å². The maximum Gasteiger partial charge on any atom is 0.374 e. The Balaban J connectivity index is 2.62. The van der Waals surface area contributed by atoms with Gasteiger partial charge in [0.15, 0.2) is 0 Å². The molecule has 8 heteroatoms. The monoisotopic (exact) mass is 251 g/mol. The van der Waals surface area contributed by atoms with Crippen LogP contribution < -0.4 is 0 Å². The summed E-state index contributed by atoms with van der Waals surface area (Å²) in [6, 6.07) is -0.222. The SMILES string of the molecule is CCOC(=O)[C@H]1CC[C@@H](N=[N+]=[N-])[C@H]([B]OC=N)C1. The van der Waals surface area contributed by atoms with E-state index in [4.69, 9.17) is 20.3 Å². The van der Waals surface area contributed by atoms with Crippen LogP contribution in [0.15, 0.2) is 5.11 Å². The Morgan fingerprint density at radius 3 is 3.06 bits per heavy atom. The molecule has 3 atom stereocenters. The van der Waals surface area contributed by atoms with Crippen molar-refractivity contribution in [2.45, 2.75) is 38.0 Å². The van der Waals surface area contributed by atoms with Gasteiger partial charge in [-0.3, -0.25) is 10.2 Å². The van der Waals surface area contributed by atoms with Crippen molar-refractivity contribution in [3.8, 4) is 0 Å². The zero-order valence-electron chi connectivity index (χ0n) is 10.3. The molecule has 0 aromatic carbocycles. The molecule has 1 saturated carbocycles. The van der Waals surface area contributed by atoms with Gasteiger partial charge in [0.05, 0.1) is 12.5 Å². The van der Waals surface area contributed by atoms with Gasteiger partial charge in [-0.2, -0.15) is 0 Å². The first-order chi connectivity index (χ1) is 8.72. The summed E-state index contributed by atoms with van der Waals surface area (Å²) in [6.07, 6.45) is 2.60. The molecule has 1 rings (SSSR count). The minimum atomic E-state index is -0.222. The zero-order chi connectivity index (χ0) is 13.4. The Morgan fingerprint density at radius 1 is 1.67 bits per heavy atom. The normalized spacial score (nSPS) is 26.6. The number of ether oxygens (including phenoxy) is 1. The highest BCUT2D eigenvalue weighted by Gasteiger charge is 2.35. The molecular formula is C10H16BN4O3. The molecule has 1 fully saturated rings. The van der Waals surface area contributed by atoms with Crippen LogP contribution in [0.4, 0.5) is 0 Å². The third-order valence-electron chi connectivity index (χ3n) is 3.00. The van der Waals surface area contributed by atoms with Gasteiger partial charge >= 0.3 is 13.5 Å². The maximum atomic E-state index is 11.7. The molecule has 1 N–H and O–H groups in total. The fourth-order valence-corrected chi connectivity index (χ4v) is 2.16. The van der Waals surface area contributed by atoms with E-state index in [1.54, 1.807) is 6.92 Å². The largest absolute Gasteiger partial charge is 0.555 e. The summed E-state index contributed by atoms with van der Waals surface area (Å²) in [7, 11) is 1.46. The molecule has 0 aromatic rings. The third kappa shape index (κ3) is 3.96. The van der Waals surface area contributed by atoms with Crippen molar-refractivity contribution in [3.05, 3.63) is 10.4 Å². The lowest BCUT2D eigenvalue weighted by Gasteiger charge is -2.31. The van der Waals surface area contributed by atoms with Crippen LogP contribution in [0.5, 0.6) is 0 Å². The van der Waals surface area contributed by atoms with Crippen molar-refractivity contribution in [2.75, 3.05) is 6.61 Å².